The van der Waals surface area contributed by atoms with E-state index in [0.717, 1.165) is 0 Å². The van der Waals surface area contributed by atoms with E-state index in [2.05, 4.69) is 20.2 Å². The predicted molar refractivity (Wildman–Crippen MR) is 87.9 cm³/mol. The van der Waals surface area contributed by atoms with Crippen LogP contribution >= 0.6 is 34.4 Å². The van der Waals surface area contributed by atoms with Gasteiger partial charge < -0.3 is 0 Å². The van der Waals surface area contributed by atoms with E-state index in [4.69, 9.17) is 0 Å². The molecular formula is C12H8N6O2S3. The smallest absolute Gasteiger partial charge is 0.267 e. The Kier molecular flexibility index (Phi) is 3.28. The summed E-state index contributed by atoms with van der Waals surface area (Å²) < 4.78 is 3.79. The topological polar surface area (TPSA) is 94.5 Å². The Hall–Kier alpha value is -2.11. The average Bonchev–Trinajstić information content (AvgIpc) is 3.02. The standard InChI is InChI=1S/C12H8N6O2S3/c1-5-3-7(19)17-9(13-5)21-11(15-17)23-12-16-18-8(20)4-6(2)14-10(18)22-12/h3-4H,1-2H3. The first kappa shape index (κ1) is 14.5. The van der Waals surface area contributed by atoms with E-state index in [9.17, 15) is 9.59 Å². The summed E-state index contributed by atoms with van der Waals surface area (Å²) in [4.78, 5) is 33.4. The fourth-order valence-electron chi connectivity index (χ4n) is 1.96. The summed E-state index contributed by atoms with van der Waals surface area (Å²) in [6, 6.07) is 2.87. The molecule has 0 amide bonds. The highest BCUT2D eigenvalue weighted by Crippen LogP contribution is 2.32. The molecule has 4 rings (SSSR count). The molecule has 0 aliphatic rings. The predicted octanol–water partition coefficient (Wildman–Crippen LogP) is 1.38. The molecule has 0 fully saturated rings. The number of hydrogen-bond acceptors (Lipinski definition) is 9. The van der Waals surface area contributed by atoms with Crippen molar-refractivity contribution in [1.82, 2.24) is 29.2 Å². The Balaban J connectivity index is 1.78. The maximum absolute atomic E-state index is 11.9. The molecule has 0 unspecified atom stereocenters. The van der Waals surface area contributed by atoms with Crippen molar-refractivity contribution in [3.8, 4) is 0 Å². The van der Waals surface area contributed by atoms with Gasteiger partial charge in [-0.15, -0.1) is 10.2 Å². The van der Waals surface area contributed by atoms with Crippen LogP contribution in [0.25, 0.3) is 9.92 Å². The number of fused-ring (bicyclic) bond motifs is 2. The van der Waals surface area contributed by atoms with Crippen LogP contribution in [0, 0.1) is 13.8 Å². The molecule has 4 aromatic rings. The van der Waals surface area contributed by atoms with Crippen molar-refractivity contribution in [2.75, 3.05) is 0 Å². The van der Waals surface area contributed by atoms with E-state index in [1.807, 2.05) is 0 Å². The number of aryl methyl sites for hydroxylation is 2. The molecule has 4 heterocycles. The molecule has 0 saturated heterocycles. The SMILES string of the molecule is Cc1cc(=O)n2nc(Sc3nn4c(=O)cc(C)nc4s3)sc2n1. The third-order valence-corrected chi connectivity index (χ3v) is 5.80. The second-order valence-electron chi connectivity index (χ2n) is 4.70. The van der Waals surface area contributed by atoms with Gasteiger partial charge in [0.05, 0.1) is 0 Å². The van der Waals surface area contributed by atoms with Crippen LogP contribution in [0.4, 0.5) is 0 Å². The third kappa shape index (κ3) is 2.56. The Morgan fingerprint density at radius 3 is 1.74 bits per heavy atom. The van der Waals surface area contributed by atoms with Crippen molar-refractivity contribution in [1.29, 1.82) is 0 Å². The number of nitrogens with zero attached hydrogens (tertiary/aromatic N) is 6. The monoisotopic (exact) mass is 364 g/mol. The molecule has 116 valence electrons. The molecule has 0 saturated carbocycles. The normalized spacial score (nSPS) is 11.6. The van der Waals surface area contributed by atoms with Gasteiger partial charge in [-0.05, 0) is 25.6 Å². The van der Waals surface area contributed by atoms with Gasteiger partial charge in [0.15, 0.2) is 8.68 Å². The van der Waals surface area contributed by atoms with Gasteiger partial charge in [-0.2, -0.15) is 9.03 Å². The van der Waals surface area contributed by atoms with E-state index < -0.39 is 0 Å². The molecular weight excluding hydrogens is 356 g/mol. The largest absolute Gasteiger partial charge is 0.275 e. The molecule has 0 aliphatic heterocycles. The minimum Gasteiger partial charge on any atom is -0.267 e. The second kappa shape index (κ2) is 5.22. The number of rotatable bonds is 2. The second-order valence-corrected chi connectivity index (χ2v) is 8.10. The van der Waals surface area contributed by atoms with Crippen LogP contribution in [0.2, 0.25) is 0 Å². The van der Waals surface area contributed by atoms with Gasteiger partial charge in [-0.25, -0.2) is 9.97 Å². The summed E-state index contributed by atoms with van der Waals surface area (Å²) in [5.74, 6) is 0. The summed E-state index contributed by atoms with van der Waals surface area (Å²) in [5.41, 5.74) is 0.879. The molecule has 11 heteroatoms. The van der Waals surface area contributed by atoms with Gasteiger partial charge in [0.1, 0.15) is 0 Å². The molecule has 0 spiro atoms. The van der Waals surface area contributed by atoms with Gasteiger partial charge >= 0.3 is 0 Å². The van der Waals surface area contributed by atoms with E-state index >= 15 is 0 Å². The Morgan fingerprint density at radius 1 is 0.870 bits per heavy atom. The van der Waals surface area contributed by atoms with Crippen LogP contribution in [0.1, 0.15) is 11.4 Å². The minimum atomic E-state index is -0.214. The Labute approximate surface area is 140 Å². The number of hydrogen-bond donors (Lipinski definition) is 0. The molecule has 8 nitrogen and oxygen atoms in total. The molecule has 0 bridgehead atoms. The first-order valence-electron chi connectivity index (χ1n) is 6.42. The Morgan fingerprint density at radius 2 is 1.30 bits per heavy atom. The van der Waals surface area contributed by atoms with Crippen LogP contribution in [-0.2, 0) is 0 Å². The zero-order chi connectivity index (χ0) is 16.1. The number of aromatic nitrogens is 6. The maximum Gasteiger partial charge on any atom is 0.275 e. The van der Waals surface area contributed by atoms with Crippen molar-refractivity contribution >= 4 is 44.4 Å². The quantitative estimate of drug-likeness (QED) is 0.530. The minimum absolute atomic E-state index is 0.214. The van der Waals surface area contributed by atoms with Crippen molar-refractivity contribution in [3.63, 3.8) is 0 Å². The van der Waals surface area contributed by atoms with Gasteiger partial charge in [-0.3, -0.25) is 9.59 Å². The lowest BCUT2D eigenvalue weighted by atomic mass is 10.5. The van der Waals surface area contributed by atoms with E-state index in [1.165, 1.54) is 55.6 Å². The summed E-state index contributed by atoms with van der Waals surface area (Å²) in [6.45, 7) is 3.53. The molecule has 0 N–H and O–H groups in total. The highest BCUT2D eigenvalue weighted by molar-refractivity contribution is 8.02. The van der Waals surface area contributed by atoms with Crippen molar-refractivity contribution in [2.45, 2.75) is 22.5 Å². The zero-order valence-corrected chi connectivity index (χ0v) is 14.3. The highest BCUT2D eigenvalue weighted by Gasteiger charge is 2.13. The molecule has 0 aliphatic carbocycles. The third-order valence-electron chi connectivity index (χ3n) is 2.88. The molecule has 0 radical (unpaired) electrons. The van der Waals surface area contributed by atoms with Crippen LogP contribution in [0.5, 0.6) is 0 Å². The molecule has 0 atom stereocenters. The van der Waals surface area contributed by atoms with Crippen LogP contribution < -0.4 is 11.1 Å². The van der Waals surface area contributed by atoms with E-state index in [0.29, 0.717) is 30.0 Å². The van der Waals surface area contributed by atoms with Gasteiger partial charge in [-0.1, -0.05) is 22.7 Å². The first-order chi connectivity index (χ1) is 11.0. The summed E-state index contributed by atoms with van der Waals surface area (Å²) in [5, 5.41) is 8.48. The lowest BCUT2D eigenvalue weighted by Crippen LogP contribution is -2.14. The van der Waals surface area contributed by atoms with Gasteiger partial charge in [0.2, 0.25) is 9.92 Å². The fraction of sp³-hybridized carbons (Fsp3) is 0.167. The zero-order valence-electron chi connectivity index (χ0n) is 11.9. The van der Waals surface area contributed by atoms with Crippen molar-refractivity contribution in [3.05, 3.63) is 44.2 Å². The summed E-state index contributed by atoms with van der Waals surface area (Å²) >= 11 is 3.88. The molecule has 23 heavy (non-hydrogen) atoms. The van der Waals surface area contributed by atoms with Crippen molar-refractivity contribution in [2.24, 2.45) is 0 Å². The van der Waals surface area contributed by atoms with Crippen LogP contribution in [0.3, 0.4) is 0 Å². The highest BCUT2D eigenvalue weighted by atomic mass is 32.2. The lowest BCUT2D eigenvalue weighted by molar-refractivity contribution is 0.840. The average molecular weight is 364 g/mol. The summed E-state index contributed by atoms with van der Waals surface area (Å²) in [7, 11) is 0. The van der Waals surface area contributed by atoms with Crippen LogP contribution in [0.15, 0.2) is 30.4 Å². The van der Waals surface area contributed by atoms with Crippen molar-refractivity contribution < 1.29 is 0 Å². The first-order valence-corrected chi connectivity index (χ1v) is 8.87. The van der Waals surface area contributed by atoms with Crippen LogP contribution in [-0.4, -0.2) is 29.2 Å². The Bertz CT molecular complexity index is 1080. The lowest BCUT2D eigenvalue weighted by Gasteiger charge is -1.90. The van der Waals surface area contributed by atoms with E-state index in [-0.39, 0.29) is 11.1 Å². The maximum atomic E-state index is 11.9. The summed E-state index contributed by atoms with van der Waals surface area (Å²) in [6.07, 6.45) is 0. The fourth-order valence-corrected chi connectivity index (χ4v) is 5.14. The van der Waals surface area contributed by atoms with Gasteiger partial charge in [0.25, 0.3) is 11.1 Å². The van der Waals surface area contributed by atoms with Gasteiger partial charge in [0, 0.05) is 23.5 Å². The van der Waals surface area contributed by atoms with E-state index in [1.54, 1.807) is 13.8 Å². The molecule has 0 aromatic carbocycles. The molecule has 4 aromatic heterocycles.